The second-order valence-corrected chi connectivity index (χ2v) is 3.15. The van der Waals surface area contributed by atoms with Crippen LogP contribution in [0.1, 0.15) is 5.69 Å². The van der Waals surface area contributed by atoms with Gasteiger partial charge in [0.1, 0.15) is 11.8 Å². The summed E-state index contributed by atoms with van der Waals surface area (Å²) in [7, 11) is 1.90. The number of hydrogen-bond acceptors (Lipinski definition) is 3. The summed E-state index contributed by atoms with van der Waals surface area (Å²) in [4.78, 5) is 0. The first-order valence-corrected chi connectivity index (χ1v) is 4.13. The molecule has 1 aliphatic heterocycles. The van der Waals surface area contributed by atoms with Gasteiger partial charge < -0.3 is 10.1 Å². The highest BCUT2D eigenvalue weighted by atomic mass is 16.5. The number of aromatic nitrogens is 2. The summed E-state index contributed by atoms with van der Waals surface area (Å²) in [5, 5.41) is 7.35. The first kappa shape index (κ1) is 7.61. The Balaban J connectivity index is 2.05. The molecule has 1 saturated heterocycles. The Morgan fingerprint density at radius 2 is 2.42 bits per heavy atom. The Morgan fingerprint density at radius 3 is 2.83 bits per heavy atom. The highest BCUT2D eigenvalue weighted by Gasteiger charge is 2.19. The molecule has 0 unspecified atom stereocenters. The summed E-state index contributed by atoms with van der Waals surface area (Å²) in [6.07, 6.45) is 2.25. The normalized spacial score (nSPS) is 17.5. The minimum Gasteiger partial charge on any atom is -0.484 e. The molecule has 0 amide bonds. The van der Waals surface area contributed by atoms with Crippen LogP contribution in [-0.2, 0) is 7.05 Å². The van der Waals surface area contributed by atoms with Gasteiger partial charge in [-0.15, -0.1) is 0 Å². The van der Waals surface area contributed by atoms with Crippen molar-refractivity contribution in [3.05, 3.63) is 11.9 Å². The summed E-state index contributed by atoms with van der Waals surface area (Å²) in [6.45, 7) is 3.87. The van der Waals surface area contributed by atoms with Gasteiger partial charge in [0.25, 0.3) is 0 Å². The Labute approximate surface area is 71.5 Å². The molecular weight excluding hydrogens is 154 g/mol. The van der Waals surface area contributed by atoms with Gasteiger partial charge in [0.2, 0.25) is 0 Å². The highest BCUT2D eigenvalue weighted by Crippen LogP contribution is 2.17. The first-order chi connectivity index (χ1) is 5.75. The van der Waals surface area contributed by atoms with Crippen molar-refractivity contribution in [3.8, 4) is 5.75 Å². The van der Waals surface area contributed by atoms with Crippen LogP contribution in [0, 0.1) is 6.92 Å². The topological polar surface area (TPSA) is 39.1 Å². The van der Waals surface area contributed by atoms with Crippen LogP contribution in [-0.4, -0.2) is 29.0 Å². The molecule has 66 valence electrons. The Kier molecular flexibility index (Phi) is 1.77. The average Bonchev–Trinajstić information content (AvgIpc) is 2.21. The number of nitrogens with one attached hydrogen (secondary N) is 1. The van der Waals surface area contributed by atoms with Crippen LogP contribution in [0.2, 0.25) is 0 Å². The molecule has 0 radical (unpaired) electrons. The molecule has 1 aromatic heterocycles. The zero-order chi connectivity index (χ0) is 8.55. The number of hydrogen-bond donors (Lipinski definition) is 1. The minimum absolute atomic E-state index is 0.341. The van der Waals surface area contributed by atoms with E-state index in [0.717, 1.165) is 24.5 Å². The third-order valence-electron chi connectivity index (χ3n) is 2.01. The molecule has 4 nitrogen and oxygen atoms in total. The van der Waals surface area contributed by atoms with Crippen molar-refractivity contribution < 1.29 is 4.74 Å². The fourth-order valence-electron chi connectivity index (χ4n) is 1.22. The summed E-state index contributed by atoms with van der Waals surface area (Å²) in [5.41, 5.74) is 0.962. The zero-order valence-corrected chi connectivity index (χ0v) is 7.37. The summed E-state index contributed by atoms with van der Waals surface area (Å²) in [6, 6.07) is 0. The third kappa shape index (κ3) is 1.30. The quantitative estimate of drug-likeness (QED) is 0.678. The van der Waals surface area contributed by atoms with Crippen LogP contribution in [0.15, 0.2) is 6.20 Å². The van der Waals surface area contributed by atoms with E-state index >= 15 is 0 Å². The van der Waals surface area contributed by atoms with E-state index in [9.17, 15) is 0 Å². The van der Waals surface area contributed by atoms with Crippen molar-refractivity contribution in [3.63, 3.8) is 0 Å². The Hall–Kier alpha value is -1.03. The van der Waals surface area contributed by atoms with Crippen molar-refractivity contribution in [1.29, 1.82) is 0 Å². The van der Waals surface area contributed by atoms with Gasteiger partial charge in [0, 0.05) is 20.1 Å². The van der Waals surface area contributed by atoms with E-state index in [0.29, 0.717) is 6.10 Å². The van der Waals surface area contributed by atoms with Crippen LogP contribution >= 0.6 is 0 Å². The Morgan fingerprint density at radius 1 is 1.67 bits per heavy atom. The van der Waals surface area contributed by atoms with Gasteiger partial charge in [0.15, 0.2) is 5.75 Å². The maximum absolute atomic E-state index is 5.66. The van der Waals surface area contributed by atoms with Crippen LogP contribution in [0.25, 0.3) is 0 Å². The number of aryl methyl sites for hydroxylation is 2. The fraction of sp³-hybridized carbons (Fsp3) is 0.625. The SMILES string of the molecule is Cc1nn(C)cc1OC1CNC1. The van der Waals surface area contributed by atoms with E-state index in [2.05, 4.69) is 10.4 Å². The largest absolute Gasteiger partial charge is 0.484 e. The van der Waals surface area contributed by atoms with Crippen LogP contribution < -0.4 is 10.1 Å². The number of nitrogens with zero attached hydrogens (tertiary/aromatic N) is 2. The average molecular weight is 167 g/mol. The molecule has 1 aliphatic rings. The van der Waals surface area contributed by atoms with Crippen molar-refractivity contribution in [2.75, 3.05) is 13.1 Å². The molecule has 2 heterocycles. The summed E-state index contributed by atoms with van der Waals surface area (Å²) >= 11 is 0. The van der Waals surface area contributed by atoms with Gasteiger partial charge >= 0.3 is 0 Å². The maximum atomic E-state index is 5.66. The van der Waals surface area contributed by atoms with E-state index < -0.39 is 0 Å². The molecule has 0 atom stereocenters. The fourth-order valence-corrected chi connectivity index (χ4v) is 1.22. The predicted octanol–water partition coefficient (Wildman–Crippen LogP) is 0.0791. The monoisotopic (exact) mass is 167 g/mol. The molecule has 12 heavy (non-hydrogen) atoms. The molecule has 0 aliphatic carbocycles. The zero-order valence-electron chi connectivity index (χ0n) is 7.37. The lowest BCUT2D eigenvalue weighted by atomic mass is 10.2. The van der Waals surface area contributed by atoms with Crippen molar-refractivity contribution >= 4 is 0 Å². The van der Waals surface area contributed by atoms with Crippen molar-refractivity contribution in [1.82, 2.24) is 15.1 Å². The van der Waals surface area contributed by atoms with Gasteiger partial charge in [-0.25, -0.2) is 0 Å². The van der Waals surface area contributed by atoms with Crippen LogP contribution in [0.4, 0.5) is 0 Å². The van der Waals surface area contributed by atoms with E-state index in [1.54, 1.807) is 4.68 Å². The van der Waals surface area contributed by atoms with E-state index in [1.165, 1.54) is 0 Å². The summed E-state index contributed by atoms with van der Waals surface area (Å²) in [5.74, 6) is 0.906. The highest BCUT2D eigenvalue weighted by molar-refractivity contribution is 5.23. The lowest BCUT2D eigenvalue weighted by Crippen LogP contribution is -2.50. The van der Waals surface area contributed by atoms with E-state index in [4.69, 9.17) is 4.74 Å². The predicted molar refractivity (Wildman–Crippen MR) is 45.2 cm³/mol. The lowest BCUT2D eigenvalue weighted by molar-refractivity contribution is 0.141. The molecular formula is C8H13N3O. The smallest absolute Gasteiger partial charge is 0.160 e. The third-order valence-corrected chi connectivity index (χ3v) is 2.01. The Bertz CT molecular complexity index is 278. The molecule has 2 rings (SSSR count). The minimum atomic E-state index is 0.341. The van der Waals surface area contributed by atoms with Gasteiger partial charge in [-0.2, -0.15) is 5.10 Å². The molecule has 0 spiro atoms. The molecule has 0 aromatic carbocycles. The van der Waals surface area contributed by atoms with Crippen molar-refractivity contribution in [2.45, 2.75) is 13.0 Å². The van der Waals surface area contributed by atoms with Gasteiger partial charge in [-0.3, -0.25) is 4.68 Å². The molecule has 1 N–H and O–H groups in total. The number of rotatable bonds is 2. The van der Waals surface area contributed by atoms with Crippen LogP contribution in [0.5, 0.6) is 5.75 Å². The molecule has 0 bridgehead atoms. The molecule has 1 aromatic rings. The second-order valence-electron chi connectivity index (χ2n) is 3.15. The second kappa shape index (κ2) is 2.79. The first-order valence-electron chi connectivity index (χ1n) is 4.13. The molecule has 1 fully saturated rings. The summed E-state index contributed by atoms with van der Waals surface area (Å²) < 4.78 is 7.43. The molecule has 0 saturated carbocycles. The standard InChI is InChI=1S/C8H13N3O/c1-6-8(5-11(2)10-6)12-7-3-9-4-7/h5,7,9H,3-4H2,1-2H3. The van der Waals surface area contributed by atoms with E-state index in [-0.39, 0.29) is 0 Å². The van der Waals surface area contributed by atoms with Gasteiger partial charge in [-0.05, 0) is 6.92 Å². The maximum Gasteiger partial charge on any atom is 0.160 e. The van der Waals surface area contributed by atoms with E-state index in [1.807, 2.05) is 20.2 Å². The lowest BCUT2D eigenvalue weighted by Gasteiger charge is -2.27. The van der Waals surface area contributed by atoms with Crippen LogP contribution in [0.3, 0.4) is 0 Å². The van der Waals surface area contributed by atoms with Gasteiger partial charge in [0.05, 0.1) is 6.20 Å². The van der Waals surface area contributed by atoms with Crippen molar-refractivity contribution in [2.24, 2.45) is 7.05 Å². The number of ether oxygens (including phenoxy) is 1. The molecule has 4 heteroatoms. The van der Waals surface area contributed by atoms with Gasteiger partial charge in [-0.1, -0.05) is 0 Å².